The van der Waals surface area contributed by atoms with Gasteiger partial charge in [0.1, 0.15) is 38.4 Å². The lowest BCUT2D eigenvalue weighted by Gasteiger charge is -2.60. The minimum absolute atomic E-state index is 0.120. The molecule has 652 valence electrons. The summed E-state index contributed by atoms with van der Waals surface area (Å²) in [5.74, 6) is -1.11. The number of quaternary nitrogens is 1. The van der Waals surface area contributed by atoms with Crippen LogP contribution in [0.1, 0.15) is 200 Å². The average Bonchev–Trinajstić information content (AvgIpc) is 0.716. The number of carboxylic acids is 1. The van der Waals surface area contributed by atoms with E-state index in [2.05, 4.69) is 85.9 Å². The number of esters is 4. The standard InChI is InChI=1S/C20H50O6Si5.C19H30O7S.C19H38O4.C14H29NO6.C6H12O2/c1-15-20(2,3)19(21)22-17-16-18-28(7,8)24-30(11,12)26-31(13,14)25-29(9,10)23-27(4,5)6;1-4-17(2,3)15(20)26-19-10-13-7-14(11-19)9-18(8-13,12-19)16(21)25-5-6-27(22,23)24;1-6-9-10-11-17(7-2)16-22-13-12-21-14-15-23-18(20)19(4,5)8-3;1-16-9-11-19-13-14(21-12-10-17-2)20-8-5-15-3-6-18-7-4-15;1-4-6(2,3)5(7)8/h15-18H2,1-14H3;13-14H,4-12H2,1-3H3,(H,22,23,24);17H,6-16H2,1-5H3;14H,3-13H2,1-2H3;4H2,1-3H3,(H,7,8). The molecule has 1 heterocycles. The van der Waals surface area contributed by atoms with Gasteiger partial charge in [-0.1, -0.05) is 67.2 Å². The molecule has 1 saturated heterocycles. The van der Waals surface area contributed by atoms with E-state index in [1.54, 1.807) is 28.1 Å². The largest absolute Gasteiger partial charge is 0.748 e. The normalized spacial score (nSPS) is 19.7. The Hall–Kier alpha value is -2.18. The minimum atomic E-state index is -4.42. The molecule has 4 bridgehead atoms. The topological polar surface area (TPSA) is 315 Å². The molecule has 4 saturated carbocycles. The van der Waals surface area contributed by atoms with Crippen molar-refractivity contribution in [3.63, 3.8) is 0 Å². The van der Waals surface area contributed by atoms with Crippen molar-refractivity contribution in [2.24, 2.45) is 44.8 Å². The fourth-order valence-corrected chi connectivity index (χ4v) is 37.3. The first-order valence-electron chi connectivity index (χ1n) is 40.8. The van der Waals surface area contributed by atoms with Crippen molar-refractivity contribution in [3.05, 3.63) is 0 Å². The highest BCUT2D eigenvalue weighted by atomic mass is 32.2. The summed E-state index contributed by atoms with van der Waals surface area (Å²) in [5.41, 5.74) is -3.29. The van der Waals surface area contributed by atoms with E-state index in [-0.39, 0.29) is 24.2 Å². The Bertz CT molecular complexity index is 2680. The second-order valence-electron chi connectivity index (χ2n) is 35.6. The molecule has 32 heteroatoms. The van der Waals surface area contributed by atoms with Crippen LogP contribution in [0.25, 0.3) is 0 Å². The van der Waals surface area contributed by atoms with Crippen LogP contribution in [0.4, 0.5) is 0 Å². The molecule has 5 rings (SSSR count). The van der Waals surface area contributed by atoms with Crippen LogP contribution in [-0.4, -0.2) is 241 Å². The summed E-state index contributed by atoms with van der Waals surface area (Å²) in [6.45, 7) is 61.4. The number of hydrogen-bond acceptors (Lipinski definition) is 24. The fourth-order valence-electron chi connectivity index (χ4n) is 13.3. The molecule has 26 nitrogen and oxygen atoms in total. The quantitative estimate of drug-likeness (QED) is 0.0143. The number of nitrogens with one attached hydrogen (secondary N) is 1. The van der Waals surface area contributed by atoms with Crippen molar-refractivity contribution < 1.29 is 120 Å². The lowest BCUT2D eigenvalue weighted by atomic mass is 9.48. The first kappa shape index (κ1) is 108. The maximum absolute atomic E-state index is 12.8. The molecule has 0 radical (unpaired) electrons. The zero-order valence-electron chi connectivity index (χ0n) is 73.9. The summed E-state index contributed by atoms with van der Waals surface area (Å²) in [6, 6.07) is 0.925. The second-order valence-corrected chi connectivity index (χ2v) is 57.1. The van der Waals surface area contributed by atoms with Crippen LogP contribution in [0, 0.1) is 44.8 Å². The number of aliphatic carboxylic acids is 1. The van der Waals surface area contributed by atoms with Gasteiger partial charge in [-0.25, -0.2) is 8.42 Å². The third-order valence-corrected chi connectivity index (χ3v) is 39.2. The van der Waals surface area contributed by atoms with E-state index in [1.165, 1.54) is 37.0 Å². The summed E-state index contributed by atoms with van der Waals surface area (Å²) >= 11 is 0. The van der Waals surface area contributed by atoms with Gasteiger partial charge in [-0.2, -0.15) is 0 Å². The number of methoxy groups -OCH3 is 2. The van der Waals surface area contributed by atoms with E-state index in [4.69, 9.17) is 78.4 Å². The van der Waals surface area contributed by atoms with Crippen LogP contribution in [0.3, 0.4) is 0 Å². The molecule has 0 aromatic rings. The minimum Gasteiger partial charge on any atom is -0.748 e. The maximum Gasteiger partial charge on any atom is 0.314 e. The molecule has 5 fully saturated rings. The van der Waals surface area contributed by atoms with E-state index < -0.39 is 109 Å². The fraction of sp³-hybridized carbons (Fsp3) is 0.936. The van der Waals surface area contributed by atoms with Gasteiger partial charge in [0.05, 0.1) is 122 Å². The Morgan fingerprint density at radius 1 is 0.545 bits per heavy atom. The van der Waals surface area contributed by atoms with Gasteiger partial charge >= 0.3 is 55.5 Å². The first-order chi connectivity index (χ1) is 50.7. The smallest absolute Gasteiger partial charge is 0.314 e. The summed E-state index contributed by atoms with van der Waals surface area (Å²) < 4.78 is 123. The molecule has 0 spiro atoms. The molecule has 4 aliphatic carbocycles. The number of carbonyl (C=O) groups is 5. The first-order valence-corrected chi connectivity index (χ1v) is 57.4. The third kappa shape index (κ3) is 47.3. The highest BCUT2D eigenvalue weighted by Gasteiger charge is 2.63. The van der Waals surface area contributed by atoms with Crippen LogP contribution >= 0.6 is 0 Å². The van der Waals surface area contributed by atoms with Gasteiger partial charge in [0.15, 0.2) is 22.9 Å². The van der Waals surface area contributed by atoms with Gasteiger partial charge in [0.25, 0.3) is 0 Å². The summed E-state index contributed by atoms with van der Waals surface area (Å²) in [7, 11) is -11.8. The summed E-state index contributed by atoms with van der Waals surface area (Å²) in [5, 5.41) is 8.44. The molecule has 0 aromatic heterocycles. The summed E-state index contributed by atoms with van der Waals surface area (Å²) in [4.78, 5) is 61.1. The molecule has 1 aliphatic heterocycles. The maximum atomic E-state index is 12.8. The van der Waals surface area contributed by atoms with Crippen LogP contribution in [0.15, 0.2) is 0 Å². The molecule has 0 amide bonds. The average molecular weight is 1680 g/mol. The van der Waals surface area contributed by atoms with Crippen LogP contribution < -0.4 is 4.90 Å². The lowest BCUT2D eigenvalue weighted by molar-refractivity contribution is -0.908. The highest BCUT2D eigenvalue weighted by molar-refractivity contribution is 7.85. The molecule has 5 aliphatic rings. The zero-order chi connectivity index (χ0) is 84.5. The van der Waals surface area contributed by atoms with Gasteiger partial charge in [-0.15, -0.1) is 0 Å². The van der Waals surface area contributed by atoms with E-state index in [0.717, 1.165) is 84.0 Å². The zero-order valence-corrected chi connectivity index (χ0v) is 79.7. The Morgan fingerprint density at radius 2 is 1.02 bits per heavy atom. The van der Waals surface area contributed by atoms with Crippen molar-refractivity contribution in [2.75, 3.05) is 139 Å². The van der Waals surface area contributed by atoms with Crippen LogP contribution in [-0.2, 0) is 107 Å². The molecule has 0 aromatic carbocycles. The van der Waals surface area contributed by atoms with Gasteiger partial charge < -0.3 is 87.9 Å². The number of carbonyl (C=O) groups excluding carboxylic acids is 4. The molecule has 2 N–H and O–H groups in total. The van der Waals surface area contributed by atoms with Gasteiger partial charge in [0, 0.05) is 27.2 Å². The van der Waals surface area contributed by atoms with Crippen molar-refractivity contribution >= 4 is 82.3 Å². The molecular weight excluding hydrogens is 1520 g/mol. The predicted molar refractivity (Wildman–Crippen MR) is 441 cm³/mol. The number of hydrogen-bond donors (Lipinski definition) is 2. The van der Waals surface area contributed by atoms with E-state index in [9.17, 15) is 36.9 Å². The van der Waals surface area contributed by atoms with Crippen LogP contribution in [0.2, 0.25) is 78.1 Å². The van der Waals surface area contributed by atoms with Crippen molar-refractivity contribution in [3.8, 4) is 0 Å². The van der Waals surface area contributed by atoms with Gasteiger partial charge in [0.2, 0.25) is 0 Å². The van der Waals surface area contributed by atoms with Crippen LogP contribution in [0.5, 0.6) is 0 Å². The number of carboxylic acid groups (broad SMARTS) is 1. The third-order valence-electron chi connectivity index (χ3n) is 20.5. The SMILES string of the molecule is CCC(C)(C)C(=O)O.CCC(C)(C)C(=O)OC12CC3CC(C1)CC(C(=O)OCCS(=O)(=O)[O-])(C3)C2.CCC(C)(C)C(=O)OCCC[Si](C)(C)O[Si](C)(C)O[Si](C)(C)O[Si](C)(C)O[Si](C)(C)C.CCCCCC(CC)COCCOCCOC(=O)C(C)(C)CC.COCCOCC(OCCOC)OCC[NH+]1CCOCC1. The molecule has 4 atom stereocenters. The van der Waals surface area contributed by atoms with Crippen molar-refractivity contribution in [2.45, 2.75) is 290 Å². The Kier molecular flexibility index (Phi) is 50.9. The van der Waals surface area contributed by atoms with Gasteiger partial charge in [-0.05, 0) is 222 Å². The van der Waals surface area contributed by atoms with E-state index in [0.29, 0.717) is 123 Å². The number of ether oxygens (including phenoxy) is 12. The summed E-state index contributed by atoms with van der Waals surface area (Å²) in [6.07, 6.45) is 14.1. The van der Waals surface area contributed by atoms with Crippen molar-refractivity contribution in [1.82, 2.24) is 0 Å². The van der Waals surface area contributed by atoms with Crippen molar-refractivity contribution in [1.29, 1.82) is 0 Å². The Labute approximate surface area is 672 Å². The predicted octanol–water partition coefficient (Wildman–Crippen LogP) is 13.6. The van der Waals surface area contributed by atoms with Gasteiger partial charge in [-0.3, -0.25) is 24.0 Å². The van der Waals surface area contributed by atoms with E-state index >= 15 is 0 Å². The second kappa shape index (κ2) is 51.9. The molecule has 110 heavy (non-hydrogen) atoms. The monoisotopic (exact) mass is 1680 g/mol. The highest BCUT2D eigenvalue weighted by Crippen LogP contribution is 2.63. The number of unbranched alkanes of at least 4 members (excludes halogenated alkanes) is 2. The Balaban J connectivity index is 0.00000140. The number of rotatable bonds is 51. The molecular formula is C78H159NO25SSi5. The lowest BCUT2D eigenvalue weighted by Crippen LogP contribution is -3.14. The van der Waals surface area contributed by atoms with E-state index in [1.807, 2.05) is 69.2 Å². The Morgan fingerprint density at radius 3 is 1.51 bits per heavy atom. The number of morpholine rings is 1. The molecule has 4 unspecified atom stereocenters.